The highest BCUT2D eigenvalue weighted by molar-refractivity contribution is 5.70. The van der Waals surface area contributed by atoms with E-state index in [0.29, 0.717) is 12.4 Å². The summed E-state index contributed by atoms with van der Waals surface area (Å²) < 4.78 is 14.3. The smallest absolute Gasteiger partial charge is 0.331 e. The van der Waals surface area contributed by atoms with Gasteiger partial charge in [0.1, 0.15) is 19.0 Å². The normalized spacial score (nSPS) is 9.75. The van der Waals surface area contributed by atoms with Gasteiger partial charge < -0.3 is 13.9 Å². The Bertz CT molecular complexity index is 227. The van der Waals surface area contributed by atoms with E-state index in [2.05, 4.69) is 4.74 Å². The zero-order valence-electron chi connectivity index (χ0n) is 6.78. The fourth-order valence-electron chi connectivity index (χ4n) is 0.689. The van der Waals surface area contributed by atoms with Gasteiger partial charge in [0.2, 0.25) is 0 Å². The molecule has 0 saturated carbocycles. The topological polar surface area (TPSA) is 48.7 Å². The van der Waals surface area contributed by atoms with Gasteiger partial charge in [-0.15, -0.1) is 0 Å². The van der Waals surface area contributed by atoms with Crippen LogP contribution in [0.3, 0.4) is 0 Å². The molecule has 12 heavy (non-hydrogen) atoms. The van der Waals surface area contributed by atoms with Crippen LogP contribution in [0.15, 0.2) is 22.8 Å². The van der Waals surface area contributed by atoms with Gasteiger partial charge in [-0.3, -0.25) is 0 Å². The van der Waals surface area contributed by atoms with Crippen molar-refractivity contribution in [1.29, 1.82) is 0 Å². The molecule has 4 nitrogen and oxygen atoms in total. The summed E-state index contributed by atoms with van der Waals surface area (Å²) in [6.07, 6.45) is 1.55. The summed E-state index contributed by atoms with van der Waals surface area (Å²) in [5.74, 6) is 0.306. The van der Waals surface area contributed by atoms with Crippen LogP contribution in [0, 0.1) is 0 Å². The molecular weight excluding hydrogens is 160 g/mol. The number of rotatable bonds is 4. The number of hydrogen-bond donors (Lipinski definition) is 0. The van der Waals surface area contributed by atoms with Crippen molar-refractivity contribution in [2.75, 3.05) is 13.7 Å². The first-order valence-corrected chi connectivity index (χ1v) is 3.50. The first kappa shape index (κ1) is 8.80. The molecule has 0 aliphatic carbocycles. The van der Waals surface area contributed by atoms with Gasteiger partial charge in [0.25, 0.3) is 0 Å². The van der Waals surface area contributed by atoms with E-state index in [-0.39, 0.29) is 12.6 Å². The molecule has 1 aromatic heterocycles. The Balaban J connectivity index is 2.15. The van der Waals surface area contributed by atoms with Gasteiger partial charge in [0.15, 0.2) is 0 Å². The van der Waals surface area contributed by atoms with Crippen molar-refractivity contribution in [2.45, 2.75) is 6.61 Å². The first-order valence-electron chi connectivity index (χ1n) is 3.50. The average molecular weight is 170 g/mol. The van der Waals surface area contributed by atoms with Crippen LogP contribution in [0.1, 0.15) is 5.76 Å². The van der Waals surface area contributed by atoms with E-state index in [1.807, 2.05) is 0 Å². The summed E-state index contributed by atoms with van der Waals surface area (Å²) in [6, 6.07) is 3.54. The lowest BCUT2D eigenvalue weighted by atomic mass is 10.5. The molecule has 1 heterocycles. The lowest BCUT2D eigenvalue weighted by molar-refractivity contribution is -0.146. The van der Waals surface area contributed by atoms with E-state index in [1.165, 1.54) is 7.11 Å². The Kier molecular flexibility index (Phi) is 3.35. The highest BCUT2D eigenvalue weighted by atomic mass is 16.6. The third kappa shape index (κ3) is 2.75. The minimum Gasteiger partial charge on any atom is -0.467 e. The molecule has 0 aliphatic rings. The molecule has 1 aromatic rings. The van der Waals surface area contributed by atoms with Crippen molar-refractivity contribution in [3.8, 4) is 0 Å². The average Bonchev–Trinajstić information content (AvgIpc) is 2.57. The molecule has 4 heteroatoms. The van der Waals surface area contributed by atoms with E-state index in [1.54, 1.807) is 18.4 Å². The summed E-state index contributed by atoms with van der Waals surface area (Å²) in [5.41, 5.74) is 0. The molecule has 0 bridgehead atoms. The second-order valence-electron chi connectivity index (χ2n) is 2.15. The Labute approximate surface area is 70.1 Å². The summed E-state index contributed by atoms with van der Waals surface area (Å²) >= 11 is 0. The van der Waals surface area contributed by atoms with Gasteiger partial charge in [-0.25, -0.2) is 4.79 Å². The predicted octanol–water partition coefficient (Wildman–Crippen LogP) is 0.969. The second-order valence-corrected chi connectivity index (χ2v) is 2.15. The molecule has 66 valence electrons. The fraction of sp³-hybridized carbons (Fsp3) is 0.375. The third-order valence-electron chi connectivity index (χ3n) is 1.27. The van der Waals surface area contributed by atoms with Crippen molar-refractivity contribution >= 4 is 5.97 Å². The molecule has 1 rings (SSSR count). The zero-order chi connectivity index (χ0) is 8.81. The fourth-order valence-corrected chi connectivity index (χ4v) is 0.689. The van der Waals surface area contributed by atoms with Crippen molar-refractivity contribution in [2.24, 2.45) is 0 Å². The van der Waals surface area contributed by atoms with Crippen molar-refractivity contribution in [3.63, 3.8) is 0 Å². The Morgan fingerprint density at radius 1 is 1.67 bits per heavy atom. The van der Waals surface area contributed by atoms with Crippen LogP contribution in [0.25, 0.3) is 0 Å². The molecular formula is C8H10O4. The van der Waals surface area contributed by atoms with Crippen molar-refractivity contribution in [3.05, 3.63) is 24.2 Å². The standard InChI is InChI=1S/C8H10O4/c1-10-8(9)6-11-5-7-3-2-4-12-7/h2-4H,5-6H2,1H3. The van der Waals surface area contributed by atoms with Crippen LogP contribution in [-0.4, -0.2) is 19.7 Å². The van der Waals surface area contributed by atoms with Gasteiger partial charge in [-0.05, 0) is 12.1 Å². The molecule has 0 unspecified atom stereocenters. The van der Waals surface area contributed by atoms with E-state index in [0.717, 1.165) is 0 Å². The molecule has 0 fully saturated rings. The van der Waals surface area contributed by atoms with Crippen LogP contribution >= 0.6 is 0 Å². The number of hydrogen-bond acceptors (Lipinski definition) is 4. The van der Waals surface area contributed by atoms with Crippen LogP contribution < -0.4 is 0 Å². The molecule has 0 saturated heterocycles. The molecule has 0 aliphatic heterocycles. The summed E-state index contributed by atoms with van der Waals surface area (Å²) in [5, 5.41) is 0. The summed E-state index contributed by atoms with van der Waals surface area (Å²) in [7, 11) is 1.32. The minimum atomic E-state index is -0.387. The number of furan rings is 1. The number of methoxy groups -OCH3 is 1. The minimum absolute atomic E-state index is 0.0444. The lowest BCUT2D eigenvalue weighted by Crippen LogP contribution is -2.09. The molecule has 0 radical (unpaired) electrons. The number of ether oxygens (including phenoxy) is 2. The summed E-state index contributed by atoms with van der Waals surface area (Å²) in [4.78, 5) is 10.6. The first-order chi connectivity index (χ1) is 5.83. The van der Waals surface area contributed by atoms with E-state index < -0.39 is 0 Å². The lowest BCUT2D eigenvalue weighted by Gasteiger charge is -1.99. The zero-order valence-corrected chi connectivity index (χ0v) is 6.78. The highest BCUT2D eigenvalue weighted by Gasteiger charge is 2.00. The Hall–Kier alpha value is -1.29. The maximum atomic E-state index is 10.6. The van der Waals surface area contributed by atoms with Gasteiger partial charge in [0, 0.05) is 0 Å². The van der Waals surface area contributed by atoms with Crippen molar-refractivity contribution < 1.29 is 18.7 Å². The van der Waals surface area contributed by atoms with Crippen LogP contribution in [0.2, 0.25) is 0 Å². The second kappa shape index (κ2) is 4.56. The molecule has 0 N–H and O–H groups in total. The molecule has 0 aromatic carbocycles. The van der Waals surface area contributed by atoms with Gasteiger partial charge in [-0.2, -0.15) is 0 Å². The number of carbonyl (C=O) groups is 1. The van der Waals surface area contributed by atoms with Crippen molar-refractivity contribution in [1.82, 2.24) is 0 Å². The maximum Gasteiger partial charge on any atom is 0.331 e. The largest absolute Gasteiger partial charge is 0.467 e. The summed E-state index contributed by atoms with van der Waals surface area (Å²) in [6.45, 7) is 0.249. The molecule has 0 spiro atoms. The SMILES string of the molecule is COC(=O)COCc1ccco1. The maximum absolute atomic E-state index is 10.6. The third-order valence-corrected chi connectivity index (χ3v) is 1.27. The van der Waals surface area contributed by atoms with Crippen LogP contribution in [0.4, 0.5) is 0 Å². The Morgan fingerprint density at radius 2 is 2.50 bits per heavy atom. The number of esters is 1. The van der Waals surface area contributed by atoms with Gasteiger partial charge >= 0.3 is 5.97 Å². The Morgan fingerprint density at radius 3 is 3.08 bits per heavy atom. The number of carbonyl (C=O) groups excluding carboxylic acids is 1. The van der Waals surface area contributed by atoms with Gasteiger partial charge in [-0.1, -0.05) is 0 Å². The van der Waals surface area contributed by atoms with E-state index in [4.69, 9.17) is 9.15 Å². The predicted molar refractivity (Wildman–Crippen MR) is 40.4 cm³/mol. The highest BCUT2D eigenvalue weighted by Crippen LogP contribution is 2.01. The molecule has 0 amide bonds. The van der Waals surface area contributed by atoms with E-state index >= 15 is 0 Å². The quantitative estimate of drug-likeness (QED) is 0.632. The van der Waals surface area contributed by atoms with Crippen LogP contribution in [-0.2, 0) is 20.9 Å². The molecule has 0 atom stereocenters. The van der Waals surface area contributed by atoms with Gasteiger partial charge in [0.05, 0.1) is 13.4 Å². The monoisotopic (exact) mass is 170 g/mol. The van der Waals surface area contributed by atoms with E-state index in [9.17, 15) is 4.79 Å². The van der Waals surface area contributed by atoms with Crippen LogP contribution in [0.5, 0.6) is 0 Å².